The predicted octanol–water partition coefficient (Wildman–Crippen LogP) is 4.79. The van der Waals surface area contributed by atoms with E-state index >= 15 is 0 Å². The Bertz CT molecular complexity index is 1730. The van der Waals surface area contributed by atoms with Gasteiger partial charge >= 0.3 is 0 Å². The van der Waals surface area contributed by atoms with Crippen LogP contribution < -0.4 is 19.1 Å². The Kier molecular flexibility index (Phi) is 7.51. The number of carbonyl (C=O) groups is 3. The average Bonchev–Trinajstić information content (AvgIpc) is 3.20. The quantitative estimate of drug-likeness (QED) is 0.286. The molecule has 0 spiro atoms. The lowest BCUT2D eigenvalue weighted by Gasteiger charge is -2.15. The van der Waals surface area contributed by atoms with Crippen molar-refractivity contribution < 1.29 is 32.3 Å². The minimum Gasteiger partial charge on any atom is -0.492 e. The van der Waals surface area contributed by atoms with Crippen LogP contribution >= 0.6 is 0 Å². The number of anilines is 1. The summed E-state index contributed by atoms with van der Waals surface area (Å²) < 4.78 is 39.2. The molecule has 0 fully saturated rings. The zero-order valence-electron chi connectivity index (χ0n) is 22.8. The van der Waals surface area contributed by atoms with Crippen LogP contribution in [-0.2, 0) is 21.2 Å². The third kappa shape index (κ3) is 5.02. The van der Waals surface area contributed by atoms with Crippen LogP contribution in [0.1, 0.15) is 45.7 Å². The lowest BCUT2D eigenvalue weighted by Crippen LogP contribution is -2.32. The zero-order chi connectivity index (χ0) is 29.3. The summed E-state index contributed by atoms with van der Waals surface area (Å²) in [5.74, 6) is -1.16. The van der Waals surface area contributed by atoms with Crippen LogP contribution in [0.15, 0.2) is 77.7 Å². The second-order valence-electron chi connectivity index (χ2n) is 9.40. The Morgan fingerprint density at radius 2 is 1.29 bits per heavy atom. The molecule has 0 radical (unpaired) electrons. The van der Waals surface area contributed by atoms with Crippen LogP contribution in [0.5, 0.6) is 11.5 Å². The Hall–Kier alpha value is -4.70. The number of sulfonamides is 1. The van der Waals surface area contributed by atoms with Crippen LogP contribution in [0.2, 0.25) is 0 Å². The molecule has 41 heavy (non-hydrogen) atoms. The Labute approximate surface area is 237 Å². The summed E-state index contributed by atoms with van der Waals surface area (Å²) >= 11 is 0. The van der Waals surface area contributed by atoms with Crippen molar-refractivity contribution in [1.82, 2.24) is 4.72 Å². The van der Waals surface area contributed by atoms with E-state index in [1.54, 1.807) is 63.2 Å². The number of nitrogens with one attached hydrogen (secondary N) is 1. The molecular weight excluding hydrogens is 544 g/mol. The van der Waals surface area contributed by atoms with E-state index in [0.717, 1.165) is 4.90 Å². The fourth-order valence-electron chi connectivity index (χ4n) is 4.97. The molecule has 0 aliphatic carbocycles. The van der Waals surface area contributed by atoms with Gasteiger partial charge in [-0.3, -0.25) is 14.4 Å². The molecule has 9 nitrogen and oxygen atoms in total. The van der Waals surface area contributed by atoms with E-state index < -0.39 is 27.7 Å². The second kappa shape index (κ2) is 11.1. The lowest BCUT2D eigenvalue weighted by molar-refractivity contribution is -0.118. The molecule has 4 aromatic rings. The number of carbonyl (C=O) groups excluding carboxylic acids is 3. The fourth-order valence-corrected chi connectivity index (χ4v) is 6.20. The number of fused-ring (bicyclic) bond motifs is 2. The molecule has 210 valence electrons. The van der Waals surface area contributed by atoms with E-state index in [9.17, 15) is 22.8 Å². The van der Waals surface area contributed by atoms with E-state index in [1.807, 2.05) is 24.3 Å². The molecule has 10 heteroatoms. The largest absolute Gasteiger partial charge is 0.492 e. The fraction of sp³-hybridized carbons (Fsp3) is 0.194. The smallest absolute Gasteiger partial charge is 0.270 e. The summed E-state index contributed by atoms with van der Waals surface area (Å²) in [6.45, 7) is 5.84. The molecule has 0 aromatic heterocycles. The van der Waals surface area contributed by atoms with Crippen molar-refractivity contribution in [3.63, 3.8) is 0 Å². The summed E-state index contributed by atoms with van der Waals surface area (Å²) in [6, 6.07) is 19.9. The maximum absolute atomic E-state index is 13.7. The van der Waals surface area contributed by atoms with Crippen molar-refractivity contribution in [3.8, 4) is 11.5 Å². The van der Waals surface area contributed by atoms with E-state index in [0.29, 0.717) is 52.3 Å². The highest BCUT2D eigenvalue weighted by atomic mass is 32.2. The Balaban J connectivity index is 1.43. The highest BCUT2D eigenvalue weighted by Crippen LogP contribution is 2.46. The van der Waals surface area contributed by atoms with Crippen molar-refractivity contribution >= 4 is 44.2 Å². The Morgan fingerprint density at radius 3 is 1.80 bits per heavy atom. The van der Waals surface area contributed by atoms with Gasteiger partial charge in [0, 0.05) is 10.8 Å². The molecule has 1 aliphatic rings. The highest BCUT2D eigenvalue weighted by Gasteiger charge is 2.43. The molecule has 1 aliphatic heterocycles. The van der Waals surface area contributed by atoms with Gasteiger partial charge in [0.05, 0.1) is 41.3 Å². The minimum atomic E-state index is -4.03. The van der Waals surface area contributed by atoms with Gasteiger partial charge < -0.3 is 9.47 Å². The number of hydrogen-bond donors (Lipinski definition) is 1. The molecule has 5 rings (SSSR count). The van der Waals surface area contributed by atoms with Crippen molar-refractivity contribution in [2.75, 3.05) is 18.1 Å². The molecule has 0 unspecified atom stereocenters. The third-order valence-corrected chi connectivity index (χ3v) is 8.26. The van der Waals surface area contributed by atoms with Crippen LogP contribution in [0.4, 0.5) is 5.69 Å². The molecule has 0 bridgehead atoms. The van der Waals surface area contributed by atoms with Gasteiger partial charge in [0.1, 0.15) is 11.5 Å². The predicted molar refractivity (Wildman–Crippen MR) is 154 cm³/mol. The summed E-state index contributed by atoms with van der Waals surface area (Å²) in [7, 11) is -4.03. The van der Waals surface area contributed by atoms with Crippen molar-refractivity contribution in [2.24, 2.45) is 0 Å². The SMILES string of the molecule is CCOc1c2c(c(OCC)c3ccccc13)C(=O)N(c1ccc(CC(=O)NS(=O)(=O)c3ccccc3C)cc1)C2=O. The van der Waals surface area contributed by atoms with E-state index in [1.165, 1.54) is 6.07 Å². The molecule has 1 heterocycles. The summed E-state index contributed by atoms with van der Waals surface area (Å²) in [6.07, 6.45) is -0.220. The molecular formula is C31H28N2O7S. The standard InChI is InChI=1S/C31H28N2O7S/c1-4-39-28-22-11-7-8-12-23(22)29(40-5-2)27-26(28)30(35)33(31(27)36)21-16-14-20(15-17-21)18-25(34)32-41(37,38)24-13-9-6-10-19(24)3/h6-17H,4-5,18H2,1-3H3,(H,32,34). The molecule has 0 saturated heterocycles. The van der Waals surface area contributed by atoms with Crippen LogP contribution in [0, 0.1) is 6.92 Å². The van der Waals surface area contributed by atoms with Gasteiger partial charge in [-0.25, -0.2) is 18.0 Å². The number of benzene rings is 4. The normalized spacial score (nSPS) is 12.9. The highest BCUT2D eigenvalue weighted by molar-refractivity contribution is 7.90. The summed E-state index contributed by atoms with van der Waals surface area (Å²) in [4.78, 5) is 41.1. The molecule has 3 amide bonds. The van der Waals surface area contributed by atoms with Crippen LogP contribution in [-0.4, -0.2) is 39.4 Å². The zero-order valence-corrected chi connectivity index (χ0v) is 23.6. The molecule has 0 saturated carbocycles. The van der Waals surface area contributed by atoms with Crippen LogP contribution in [0.25, 0.3) is 10.8 Å². The lowest BCUT2D eigenvalue weighted by atomic mass is 9.99. The first-order valence-electron chi connectivity index (χ1n) is 13.1. The van der Waals surface area contributed by atoms with Gasteiger partial charge in [-0.1, -0.05) is 54.6 Å². The number of aryl methyl sites for hydroxylation is 1. The number of hydrogen-bond acceptors (Lipinski definition) is 7. The van der Waals surface area contributed by atoms with E-state index in [-0.39, 0.29) is 22.4 Å². The van der Waals surface area contributed by atoms with E-state index in [4.69, 9.17) is 9.47 Å². The van der Waals surface area contributed by atoms with Gasteiger partial charge in [-0.2, -0.15) is 0 Å². The van der Waals surface area contributed by atoms with Gasteiger partial charge in [0.2, 0.25) is 5.91 Å². The maximum atomic E-state index is 13.7. The number of amides is 3. The molecule has 4 aromatic carbocycles. The number of nitrogens with zero attached hydrogens (tertiary/aromatic N) is 1. The summed E-state index contributed by atoms with van der Waals surface area (Å²) in [5, 5.41) is 1.34. The van der Waals surface area contributed by atoms with Gasteiger partial charge in [0.25, 0.3) is 21.8 Å². The average molecular weight is 573 g/mol. The third-order valence-electron chi connectivity index (χ3n) is 6.72. The first-order chi connectivity index (χ1) is 19.7. The molecule has 0 atom stereocenters. The van der Waals surface area contributed by atoms with Gasteiger partial charge in [-0.05, 0) is 50.1 Å². The first kappa shape index (κ1) is 27.9. The van der Waals surface area contributed by atoms with Gasteiger partial charge in [0.15, 0.2) is 0 Å². The Morgan fingerprint density at radius 1 is 0.780 bits per heavy atom. The monoisotopic (exact) mass is 572 g/mol. The van der Waals surface area contributed by atoms with Crippen molar-refractivity contribution in [1.29, 1.82) is 0 Å². The number of rotatable bonds is 9. The minimum absolute atomic E-state index is 0.0276. The van der Waals surface area contributed by atoms with E-state index in [2.05, 4.69) is 4.72 Å². The molecule has 1 N–H and O–H groups in total. The number of imide groups is 1. The first-order valence-corrected chi connectivity index (χ1v) is 14.6. The second-order valence-corrected chi connectivity index (χ2v) is 11.1. The maximum Gasteiger partial charge on any atom is 0.270 e. The summed E-state index contributed by atoms with van der Waals surface area (Å²) in [5.41, 5.74) is 1.60. The van der Waals surface area contributed by atoms with Crippen molar-refractivity contribution in [3.05, 3.63) is 95.1 Å². The van der Waals surface area contributed by atoms with Gasteiger partial charge in [-0.15, -0.1) is 0 Å². The van der Waals surface area contributed by atoms with Crippen LogP contribution in [0.3, 0.4) is 0 Å². The topological polar surface area (TPSA) is 119 Å². The number of ether oxygens (including phenoxy) is 2. The van der Waals surface area contributed by atoms with Crippen molar-refractivity contribution in [2.45, 2.75) is 32.1 Å².